The highest BCUT2D eigenvalue weighted by molar-refractivity contribution is 5.55. The zero-order valence-corrected chi connectivity index (χ0v) is 11.7. The number of nitrogens with zero attached hydrogens (tertiary/aromatic N) is 2. The quantitative estimate of drug-likeness (QED) is 0.805. The molecule has 0 bridgehead atoms. The molecule has 2 aromatic rings. The molecule has 0 atom stereocenters. The van der Waals surface area contributed by atoms with E-state index in [9.17, 15) is 0 Å². The predicted octanol–water partition coefficient (Wildman–Crippen LogP) is 3.21. The van der Waals surface area contributed by atoms with Crippen LogP contribution in [-0.4, -0.2) is 16.5 Å². The van der Waals surface area contributed by atoms with Crippen molar-refractivity contribution in [3.63, 3.8) is 0 Å². The van der Waals surface area contributed by atoms with E-state index in [0.717, 1.165) is 42.9 Å². The molecule has 0 aliphatic heterocycles. The Morgan fingerprint density at radius 2 is 1.63 bits per heavy atom. The molecule has 1 N–H and O–H groups in total. The van der Waals surface area contributed by atoms with E-state index in [4.69, 9.17) is 0 Å². The largest absolute Gasteiger partial charge is 0.313 e. The summed E-state index contributed by atoms with van der Waals surface area (Å²) in [6.45, 7) is 6.18. The first-order chi connectivity index (χ1) is 9.33. The lowest BCUT2D eigenvalue weighted by atomic mass is 10.1. The van der Waals surface area contributed by atoms with Gasteiger partial charge in [0.15, 0.2) is 5.82 Å². The summed E-state index contributed by atoms with van der Waals surface area (Å²) in [5.74, 6) is 0.793. The Balaban J connectivity index is 2.04. The predicted molar refractivity (Wildman–Crippen MR) is 78.8 cm³/mol. The van der Waals surface area contributed by atoms with E-state index in [1.54, 1.807) is 0 Å². The maximum Gasteiger partial charge on any atom is 0.159 e. The van der Waals surface area contributed by atoms with Gasteiger partial charge in [-0.1, -0.05) is 38.1 Å². The van der Waals surface area contributed by atoms with Gasteiger partial charge in [-0.3, -0.25) is 0 Å². The first-order valence-corrected chi connectivity index (χ1v) is 6.94. The molecule has 3 heteroatoms. The molecule has 0 saturated carbocycles. The molecule has 1 heterocycles. The summed E-state index contributed by atoms with van der Waals surface area (Å²) >= 11 is 0. The van der Waals surface area contributed by atoms with E-state index in [0.29, 0.717) is 0 Å². The van der Waals surface area contributed by atoms with Crippen molar-refractivity contribution in [2.75, 3.05) is 6.54 Å². The molecular weight excluding hydrogens is 234 g/mol. The molecule has 3 nitrogen and oxygen atoms in total. The van der Waals surface area contributed by atoms with Crippen LogP contribution in [0.15, 0.2) is 36.7 Å². The van der Waals surface area contributed by atoms with Gasteiger partial charge in [-0.25, -0.2) is 9.97 Å². The summed E-state index contributed by atoms with van der Waals surface area (Å²) in [5, 5.41) is 3.35. The normalized spacial score (nSPS) is 10.6. The van der Waals surface area contributed by atoms with Gasteiger partial charge in [0.25, 0.3) is 0 Å². The Labute approximate surface area is 115 Å². The van der Waals surface area contributed by atoms with E-state index < -0.39 is 0 Å². The van der Waals surface area contributed by atoms with Crippen LogP contribution < -0.4 is 5.32 Å². The third kappa shape index (κ3) is 3.86. The molecule has 0 amide bonds. The standard InChI is InChI=1S/C16H21N3/c1-3-9-17-10-14-11-18-16(19-12-14)15-7-5-13(4-2)6-8-15/h5-8,11-12,17H,3-4,9-10H2,1-2H3. The fourth-order valence-corrected chi connectivity index (χ4v) is 1.89. The van der Waals surface area contributed by atoms with Crippen LogP contribution >= 0.6 is 0 Å². The number of aromatic nitrogens is 2. The minimum absolute atomic E-state index is 0.793. The zero-order valence-electron chi connectivity index (χ0n) is 11.7. The third-order valence-electron chi connectivity index (χ3n) is 3.08. The molecule has 0 unspecified atom stereocenters. The summed E-state index contributed by atoms with van der Waals surface area (Å²) in [4.78, 5) is 8.86. The molecule has 0 aliphatic rings. The lowest BCUT2D eigenvalue weighted by molar-refractivity contribution is 0.672. The minimum atomic E-state index is 0.793. The summed E-state index contributed by atoms with van der Waals surface area (Å²) in [6.07, 6.45) is 6.00. The van der Waals surface area contributed by atoms with Crippen molar-refractivity contribution in [3.8, 4) is 11.4 Å². The van der Waals surface area contributed by atoms with E-state index in [-0.39, 0.29) is 0 Å². The number of hydrogen-bond acceptors (Lipinski definition) is 3. The second kappa shape index (κ2) is 7.00. The van der Waals surface area contributed by atoms with Crippen molar-refractivity contribution >= 4 is 0 Å². The number of benzene rings is 1. The van der Waals surface area contributed by atoms with Gasteiger partial charge in [0.1, 0.15) is 0 Å². The van der Waals surface area contributed by atoms with Crippen LogP contribution in [0, 0.1) is 0 Å². The van der Waals surface area contributed by atoms with E-state index in [1.807, 2.05) is 12.4 Å². The first-order valence-electron chi connectivity index (χ1n) is 6.94. The Morgan fingerprint density at radius 3 is 2.21 bits per heavy atom. The fraction of sp³-hybridized carbons (Fsp3) is 0.375. The molecule has 0 fully saturated rings. The monoisotopic (exact) mass is 255 g/mol. The fourth-order valence-electron chi connectivity index (χ4n) is 1.89. The Hall–Kier alpha value is -1.74. The van der Waals surface area contributed by atoms with Gasteiger partial charge in [0.2, 0.25) is 0 Å². The third-order valence-corrected chi connectivity index (χ3v) is 3.08. The van der Waals surface area contributed by atoms with Crippen molar-refractivity contribution in [1.29, 1.82) is 0 Å². The Morgan fingerprint density at radius 1 is 0.947 bits per heavy atom. The minimum Gasteiger partial charge on any atom is -0.313 e. The van der Waals surface area contributed by atoms with Crippen LogP contribution in [0.25, 0.3) is 11.4 Å². The van der Waals surface area contributed by atoms with Crippen molar-refractivity contribution in [1.82, 2.24) is 15.3 Å². The maximum absolute atomic E-state index is 4.43. The highest BCUT2D eigenvalue weighted by Crippen LogP contribution is 2.15. The highest BCUT2D eigenvalue weighted by Gasteiger charge is 2.01. The number of rotatable bonds is 6. The van der Waals surface area contributed by atoms with E-state index in [2.05, 4.69) is 53.4 Å². The first kappa shape index (κ1) is 13.7. The molecule has 1 aromatic heterocycles. The molecule has 100 valence electrons. The van der Waals surface area contributed by atoms with Gasteiger partial charge >= 0.3 is 0 Å². The summed E-state index contributed by atoms with van der Waals surface area (Å²) in [6, 6.07) is 8.44. The lowest BCUT2D eigenvalue weighted by Crippen LogP contribution is -2.14. The summed E-state index contributed by atoms with van der Waals surface area (Å²) < 4.78 is 0. The molecule has 0 spiro atoms. The molecule has 0 aliphatic carbocycles. The van der Waals surface area contributed by atoms with Crippen molar-refractivity contribution in [3.05, 3.63) is 47.8 Å². The van der Waals surface area contributed by atoms with Gasteiger partial charge in [-0.15, -0.1) is 0 Å². The summed E-state index contributed by atoms with van der Waals surface area (Å²) in [5.41, 5.74) is 3.54. The SMILES string of the molecule is CCCNCc1cnc(-c2ccc(CC)cc2)nc1. The second-order valence-corrected chi connectivity index (χ2v) is 4.64. The van der Waals surface area contributed by atoms with Crippen LogP contribution in [0.1, 0.15) is 31.4 Å². The van der Waals surface area contributed by atoms with E-state index >= 15 is 0 Å². The average molecular weight is 255 g/mol. The van der Waals surface area contributed by atoms with Crippen LogP contribution in [0.4, 0.5) is 0 Å². The van der Waals surface area contributed by atoms with Crippen molar-refractivity contribution in [2.24, 2.45) is 0 Å². The van der Waals surface area contributed by atoms with E-state index in [1.165, 1.54) is 5.56 Å². The summed E-state index contributed by atoms with van der Waals surface area (Å²) in [7, 11) is 0. The van der Waals surface area contributed by atoms with Gasteiger partial charge in [-0.2, -0.15) is 0 Å². The van der Waals surface area contributed by atoms with Gasteiger partial charge in [0.05, 0.1) is 0 Å². The topological polar surface area (TPSA) is 37.8 Å². The smallest absolute Gasteiger partial charge is 0.159 e. The van der Waals surface area contributed by atoms with Crippen LogP contribution in [0.5, 0.6) is 0 Å². The van der Waals surface area contributed by atoms with Crippen molar-refractivity contribution < 1.29 is 0 Å². The van der Waals surface area contributed by atoms with Crippen LogP contribution in [0.2, 0.25) is 0 Å². The molecular formula is C16H21N3. The number of nitrogens with one attached hydrogen (secondary N) is 1. The molecule has 19 heavy (non-hydrogen) atoms. The van der Waals surface area contributed by atoms with Crippen LogP contribution in [-0.2, 0) is 13.0 Å². The molecule has 0 radical (unpaired) electrons. The maximum atomic E-state index is 4.43. The average Bonchev–Trinajstić information content (AvgIpc) is 2.48. The molecule has 0 saturated heterocycles. The number of aryl methyl sites for hydroxylation is 1. The van der Waals surface area contributed by atoms with Crippen LogP contribution in [0.3, 0.4) is 0 Å². The van der Waals surface area contributed by atoms with Gasteiger partial charge in [-0.05, 0) is 24.9 Å². The van der Waals surface area contributed by atoms with Crippen molar-refractivity contribution in [2.45, 2.75) is 33.2 Å². The van der Waals surface area contributed by atoms with Gasteiger partial charge in [0, 0.05) is 30.1 Å². The zero-order chi connectivity index (χ0) is 13.5. The molecule has 1 aromatic carbocycles. The Kier molecular flexibility index (Phi) is 5.04. The van der Waals surface area contributed by atoms with Gasteiger partial charge < -0.3 is 5.32 Å². The number of hydrogen-bond donors (Lipinski definition) is 1. The highest BCUT2D eigenvalue weighted by atomic mass is 14.9. The lowest BCUT2D eigenvalue weighted by Gasteiger charge is -2.04. The Bertz CT molecular complexity index is 488. The molecule has 2 rings (SSSR count). The second-order valence-electron chi connectivity index (χ2n) is 4.64.